The molecule has 22 heavy (non-hydrogen) atoms. The van der Waals surface area contributed by atoms with Crippen LogP contribution in [0.4, 0.5) is 0 Å². The lowest BCUT2D eigenvalue weighted by Crippen LogP contribution is -2.24. The molecule has 2 aromatic rings. The molecule has 1 aliphatic rings. The first-order valence-electron chi connectivity index (χ1n) is 7.19. The van der Waals surface area contributed by atoms with E-state index in [9.17, 15) is 4.79 Å². The maximum Gasteiger partial charge on any atom is 0.182 e. The molecule has 0 radical (unpaired) electrons. The Morgan fingerprint density at radius 2 is 1.82 bits per heavy atom. The summed E-state index contributed by atoms with van der Waals surface area (Å²) in [5, 5.41) is 15.4. The van der Waals surface area contributed by atoms with Crippen molar-refractivity contribution in [1.82, 2.24) is 4.57 Å². The van der Waals surface area contributed by atoms with Gasteiger partial charge in [0.05, 0.1) is 17.3 Å². The van der Waals surface area contributed by atoms with Crippen molar-refractivity contribution in [3.05, 3.63) is 53.3 Å². The molecule has 1 aromatic heterocycles. The molecule has 110 valence electrons. The second-order valence-electron chi connectivity index (χ2n) is 5.35. The molecule has 1 aromatic carbocycles. The number of ketones is 1. The largest absolute Gasteiger partial charge is 0.311 e. The van der Waals surface area contributed by atoms with E-state index in [-0.39, 0.29) is 11.7 Å². The Bertz CT molecular complexity index is 728. The Balaban J connectivity index is 0.000000847. The van der Waals surface area contributed by atoms with Crippen LogP contribution in [0, 0.1) is 36.0 Å². The minimum absolute atomic E-state index is 0.196. The van der Waals surface area contributed by atoms with E-state index in [1.54, 1.807) is 12.1 Å². The van der Waals surface area contributed by atoms with Crippen LogP contribution in [-0.4, -0.2) is 10.4 Å². The molecule has 1 aliphatic carbocycles. The average molecular weight is 291 g/mol. The first kappa shape index (κ1) is 15.5. The Morgan fingerprint density at radius 1 is 1.18 bits per heavy atom. The highest BCUT2D eigenvalue weighted by Crippen LogP contribution is 2.31. The monoisotopic (exact) mass is 291 g/mol. The molecule has 1 saturated carbocycles. The third-order valence-corrected chi connectivity index (χ3v) is 4.06. The van der Waals surface area contributed by atoms with E-state index < -0.39 is 0 Å². The minimum atomic E-state index is 0.196. The number of Topliss-reactive ketones (excluding diaryl/α,β-unsaturated/α-hetero) is 1. The van der Waals surface area contributed by atoms with Crippen LogP contribution in [0.1, 0.15) is 41.0 Å². The molecule has 0 saturated heterocycles. The van der Waals surface area contributed by atoms with Gasteiger partial charge in [0.15, 0.2) is 5.78 Å². The van der Waals surface area contributed by atoms with Crippen LogP contribution in [0.2, 0.25) is 0 Å². The van der Waals surface area contributed by atoms with E-state index in [0.29, 0.717) is 5.56 Å². The molecule has 4 heteroatoms. The van der Waals surface area contributed by atoms with Gasteiger partial charge >= 0.3 is 0 Å². The summed E-state index contributed by atoms with van der Waals surface area (Å²) in [5.74, 6) is 0.440. The second kappa shape index (κ2) is 6.74. The summed E-state index contributed by atoms with van der Waals surface area (Å²) in [6.45, 7) is 5.50. The van der Waals surface area contributed by atoms with Crippen LogP contribution >= 0.6 is 0 Å². The highest BCUT2D eigenvalue weighted by Gasteiger charge is 2.28. The Labute approximate surface area is 130 Å². The summed E-state index contributed by atoms with van der Waals surface area (Å²) >= 11 is 0. The normalized spacial score (nSPS) is 13.4. The summed E-state index contributed by atoms with van der Waals surface area (Å²) in [7, 11) is 0. The molecule has 0 amide bonds. The lowest BCUT2D eigenvalue weighted by Gasteiger charge is -2.24. The number of hydrogen-bond donors (Lipinski definition) is 0. The van der Waals surface area contributed by atoms with Gasteiger partial charge in [0.1, 0.15) is 0 Å². The van der Waals surface area contributed by atoms with E-state index in [1.165, 1.54) is 0 Å². The van der Waals surface area contributed by atoms with E-state index in [4.69, 9.17) is 10.5 Å². The highest BCUT2D eigenvalue weighted by atomic mass is 16.1. The number of aromatic nitrogens is 1. The summed E-state index contributed by atoms with van der Waals surface area (Å²) < 4.78 is 1.99. The Morgan fingerprint density at radius 3 is 2.32 bits per heavy atom. The van der Waals surface area contributed by atoms with Gasteiger partial charge in [0.2, 0.25) is 0 Å². The molecule has 0 bridgehead atoms. The van der Waals surface area contributed by atoms with Crippen LogP contribution < -0.4 is 0 Å². The number of aryl methyl sites for hydroxylation is 1. The Kier molecular flexibility index (Phi) is 4.76. The Hall–Kier alpha value is -2.85. The van der Waals surface area contributed by atoms with Crippen LogP contribution in [0.5, 0.6) is 0 Å². The molecule has 0 unspecified atom stereocenters. The zero-order valence-electron chi connectivity index (χ0n) is 12.5. The average Bonchev–Trinajstić information content (AvgIpc) is 2.89. The van der Waals surface area contributed by atoms with Gasteiger partial charge in [-0.25, -0.2) is 5.26 Å². The molecule has 1 heterocycles. The molecular formula is C18H17N3O. The predicted octanol–water partition coefficient (Wildman–Crippen LogP) is 3.78. The fraction of sp³-hybridized carbons (Fsp3) is 0.278. The molecule has 0 atom stereocenters. The number of rotatable bonds is 3. The van der Waals surface area contributed by atoms with E-state index >= 15 is 0 Å². The van der Waals surface area contributed by atoms with Crippen molar-refractivity contribution in [3.63, 3.8) is 0 Å². The van der Waals surface area contributed by atoms with Gasteiger partial charge in [-0.05, 0) is 56.2 Å². The molecule has 0 N–H and O–H groups in total. The van der Waals surface area contributed by atoms with E-state index in [1.807, 2.05) is 35.8 Å². The fourth-order valence-corrected chi connectivity index (χ4v) is 2.64. The number of carbonyl (C=O) groups excluding carboxylic acids is 1. The van der Waals surface area contributed by atoms with Crippen molar-refractivity contribution in [1.29, 1.82) is 10.5 Å². The molecule has 0 spiro atoms. The molecule has 0 aliphatic heterocycles. The summed E-state index contributed by atoms with van der Waals surface area (Å²) in [6, 6.07) is 13.4. The SMILES string of the molecule is C#N.Cc1ccc(C(=O)C2CCC2)n1-c1ccc(C#N)cc1. The van der Waals surface area contributed by atoms with Crippen molar-refractivity contribution in [2.75, 3.05) is 0 Å². The number of nitriles is 2. The smallest absolute Gasteiger partial charge is 0.182 e. The zero-order chi connectivity index (χ0) is 16.1. The van der Waals surface area contributed by atoms with Gasteiger partial charge in [-0.15, -0.1) is 0 Å². The summed E-state index contributed by atoms with van der Waals surface area (Å²) in [6.07, 6.45) is 3.18. The number of hydrogen-bond acceptors (Lipinski definition) is 3. The molecular weight excluding hydrogens is 274 g/mol. The van der Waals surface area contributed by atoms with Crippen LogP contribution in [0.25, 0.3) is 5.69 Å². The van der Waals surface area contributed by atoms with Crippen LogP contribution in [0.3, 0.4) is 0 Å². The first-order chi connectivity index (χ1) is 10.7. The third-order valence-electron chi connectivity index (χ3n) is 4.06. The molecule has 1 fully saturated rings. The first-order valence-corrected chi connectivity index (χ1v) is 7.19. The van der Waals surface area contributed by atoms with Gasteiger partial charge in [0, 0.05) is 23.9 Å². The van der Waals surface area contributed by atoms with Crippen molar-refractivity contribution >= 4 is 5.78 Å². The minimum Gasteiger partial charge on any atom is -0.311 e. The van der Waals surface area contributed by atoms with Gasteiger partial charge in [-0.2, -0.15) is 5.26 Å². The summed E-state index contributed by atoms with van der Waals surface area (Å²) in [4.78, 5) is 12.5. The zero-order valence-corrected chi connectivity index (χ0v) is 12.5. The van der Waals surface area contributed by atoms with Gasteiger partial charge in [0.25, 0.3) is 0 Å². The standard InChI is InChI=1S/C17H16N2O.CHN/c1-12-5-10-16(17(20)14-3-2-4-14)19(12)15-8-6-13(11-18)7-9-15;1-2/h5-10,14H,2-4H2,1H3;1H. The lowest BCUT2D eigenvalue weighted by molar-refractivity contribution is 0.0847. The van der Waals surface area contributed by atoms with Gasteiger partial charge < -0.3 is 4.57 Å². The number of benzene rings is 1. The van der Waals surface area contributed by atoms with Crippen LogP contribution in [-0.2, 0) is 0 Å². The second-order valence-corrected chi connectivity index (χ2v) is 5.35. The topological polar surface area (TPSA) is 69.6 Å². The van der Waals surface area contributed by atoms with Crippen molar-refractivity contribution < 1.29 is 4.79 Å². The van der Waals surface area contributed by atoms with Crippen LogP contribution in [0.15, 0.2) is 36.4 Å². The maximum absolute atomic E-state index is 12.5. The van der Waals surface area contributed by atoms with Crippen molar-refractivity contribution in [2.24, 2.45) is 5.92 Å². The van der Waals surface area contributed by atoms with Gasteiger partial charge in [-0.1, -0.05) is 6.42 Å². The highest BCUT2D eigenvalue weighted by molar-refractivity contribution is 5.97. The number of nitrogens with zero attached hydrogens (tertiary/aromatic N) is 3. The van der Waals surface area contributed by atoms with E-state index in [2.05, 4.69) is 12.6 Å². The fourth-order valence-electron chi connectivity index (χ4n) is 2.64. The predicted molar refractivity (Wildman–Crippen MR) is 83.6 cm³/mol. The van der Waals surface area contributed by atoms with E-state index in [0.717, 1.165) is 36.3 Å². The van der Waals surface area contributed by atoms with Crippen molar-refractivity contribution in [2.45, 2.75) is 26.2 Å². The van der Waals surface area contributed by atoms with Gasteiger partial charge in [-0.3, -0.25) is 4.79 Å². The van der Waals surface area contributed by atoms with Crippen molar-refractivity contribution in [3.8, 4) is 18.3 Å². The summed E-state index contributed by atoms with van der Waals surface area (Å²) in [5.41, 5.74) is 3.37. The quantitative estimate of drug-likeness (QED) is 0.808. The lowest BCUT2D eigenvalue weighted by atomic mass is 9.81. The molecule has 3 rings (SSSR count). The maximum atomic E-state index is 12.5. The third kappa shape index (κ3) is 2.77. The molecule has 4 nitrogen and oxygen atoms in total. The number of carbonyl (C=O) groups is 1.